The highest BCUT2D eigenvalue weighted by Crippen LogP contribution is 2.34. The molecule has 3 rings (SSSR count). The highest BCUT2D eigenvalue weighted by atomic mass is 16.4. The summed E-state index contributed by atoms with van der Waals surface area (Å²) in [6, 6.07) is 4.49. The number of carbonyl (C=O) groups is 2. The van der Waals surface area contributed by atoms with Gasteiger partial charge in [-0.2, -0.15) is 0 Å². The van der Waals surface area contributed by atoms with Crippen LogP contribution in [0.2, 0.25) is 0 Å². The van der Waals surface area contributed by atoms with E-state index in [4.69, 9.17) is 9.52 Å². The lowest BCUT2D eigenvalue weighted by Gasteiger charge is -2.17. The highest BCUT2D eigenvalue weighted by molar-refractivity contribution is 5.99. The van der Waals surface area contributed by atoms with Crippen LogP contribution in [0.1, 0.15) is 12.3 Å². The maximum Gasteiger partial charge on any atom is 0.308 e. The molecule has 2 heterocycles. The van der Waals surface area contributed by atoms with Gasteiger partial charge in [0.1, 0.15) is 5.75 Å². The molecule has 1 amide bonds. The van der Waals surface area contributed by atoms with Crippen LogP contribution in [-0.4, -0.2) is 38.8 Å². The van der Waals surface area contributed by atoms with Crippen LogP contribution in [0.25, 0.3) is 11.5 Å². The Morgan fingerprint density at radius 3 is 2.77 bits per heavy atom. The second-order valence-electron chi connectivity index (χ2n) is 5.07. The SMILES string of the molecule is Cc1nnc(-c2cc(N3C[C@H](C(=O)O)CC3=O)ccc2O)o1. The van der Waals surface area contributed by atoms with E-state index in [1.807, 2.05) is 0 Å². The third-order valence-electron chi connectivity index (χ3n) is 3.52. The molecule has 1 fully saturated rings. The quantitative estimate of drug-likeness (QED) is 0.874. The van der Waals surface area contributed by atoms with Gasteiger partial charge in [0.15, 0.2) is 0 Å². The molecule has 1 aliphatic heterocycles. The second-order valence-corrected chi connectivity index (χ2v) is 5.07. The number of carboxylic acid groups (broad SMARTS) is 1. The van der Waals surface area contributed by atoms with E-state index >= 15 is 0 Å². The van der Waals surface area contributed by atoms with E-state index in [0.29, 0.717) is 17.1 Å². The number of rotatable bonds is 3. The molecule has 1 aromatic heterocycles. The minimum absolute atomic E-state index is 0.0365. The van der Waals surface area contributed by atoms with Crippen molar-refractivity contribution in [3.63, 3.8) is 0 Å². The summed E-state index contributed by atoms with van der Waals surface area (Å²) in [5, 5.41) is 26.5. The molecule has 2 aromatic rings. The Morgan fingerprint density at radius 2 is 2.18 bits per heavy atom. The van der Waals surface area contributed by atoms with Crippen molar-refractivity contribution in [1.82, 2.24) is 10.2 Å². The molecular weight excluding hydrogens is 290 g/mol. The fourth-order valence-electron chi connectivity index (χ4n) is 2.39. The minimum Gasteiger partial charge on any atom is -0.507 e. The Kier molecular flexibility index (Phi) is 3.28. The summed E-state index contributed by atoms with van der Waals surface area (Å²) in [7, 11) is 0. The molecule has 8 nitrogen and oxygen atoms in total. The molecule has 1 aliphatic rings. The van der Waals surface area contributed by atoms with Crippen LogP contribution in [0.3, 0.4) is 0 Å². The molecule has 1 saturated heterocycles. The van der Waals surface area contributed by atoms with Gasteiger partial charge in [-0.15, -0.1) is 10.2 Å². The van der Waals surface area contributed by atoms with Crippen molar-refractivity contribution in [2.45, 2.75) is 13.3 Å². The molecule has 0 spiro atoms. The number of amides is 1. The molecule has 1 atom stereocenters. The van der Waals surface area contributed by atoms with E-state index < -0.39 is 11.9 Å². The van der Waals surface area contributed by atoms with Crippen LogP contribution in [0.5, 0.6) is 5.75 Å². The van der Waals surface area contributed by atoms with Crippen molar-refractivity contribution in [3.8, 4) is 17.2 Å². The zero-order valence-corrected chi connectivity index (χ0v) is 11.7. The number of hydrogen-bond acceptors (Lipinski definition) is 6. The van der Waals surface area contributed by atoms with Crippen molar-refractivity contribution in [2.75, 3.05) is 11.4 Å². The number of aromatic hydroxyl groups is 1. The Bertz CT molecular complexity index is 755. The Morgan fingerprint density at radius 1 is 1.41 bits per heavy atom. The number of phenolic OH excluding ortho intramolecular Hbond substituents is 1. The number of phenols is 1. The number of anilines is 1. The van der Waals surface area contributed by atoms with Gasteiger partial charge in [0.2, 0.25) is 11.8 Å². The summed E-state index contributed by atoms with van der Waals surface area (Å²) in [5.74, 6) is -1.57. The van der Waals surface area contributed by atoms with E-state index in [1.54, 1.807) is 13.0 Å². The second kappa shape index (κ2) is 5.14. The molecule has 0 radical (unpaired) electrons. The number of carboxylic acids is 1. The zero-order valence-electron chi connectivity index (χ0n) is 11.7. The summed E-state index contributed by atoms with van der Waals surface area (Å²) in [6.45, 7) is 1.72. The van der Waals surface area contributed by atoms with Crippen molar-refractivity contribution in [2.24, 2.45) is 5.92 Å². The number of aliphatic carboxylic acids is 1. The fourth-order valence-corrected chi connectivity index (χ4v) is 2.39. The fraction of sp³-hybridized carbons (Fsp3) is 0.286. The van der Waals surface area contributed by atoms with Crippen molar-refractivity contribution in [3.05, 3.63) is 24.1 Å². The van der Waals surface area contributed by atoms with Gasteiger partial charge in [0.05, 0.1) is 11.5 Å². The summed E-state index contributed by atoms with van der Waals surface area (Å²) < 4.78 is 5.27. The lowest BCUT2D eigenvalue weighted by molar-refractivity contribution is -0.141. The van der Waals surface area contributed by atoms with Crippen LogP contribution >= 0.6 is 0 Å². The first-order valence-corrected chi connectivity index (χ1v) is 6.62. The maximum absolute atomic E-state index is 12.0. The number of benzene rings is 1. The smallest absolute Gasteiger partial charge is 0.308 e. The number of aryl methyl sites for hydroxylation is 1. The maximum atomic E-state index is 12.0. The van der Waals surface area contributed by atoms with Gasteiger partial charge in [-0.1, -0.05) is 0 Å². The highest BCUT2D eigenvalue weighted by Gasteiger charge is 2.35. The van der Waals surface area contributed by atoms with Crippen LogP contribution in [0.4, 0.5) is 5.69 Å². The number of carbonyl (C=O) groups excluding carboxylic acids is 1. The van der Waals surface area contributed by atoms with Gasteiger partial charge in [0.25, 0.3) is 5.89 Å². The van der Waals surface area contributed by atoms with E-state index in [-0.39, 0.29) is 30.5 Å². The van der Waals surface area contributed by atoms with Gasteiger partial charge >= 0.3 is 5.97 Å². The van der Waals surface area contributed by atoms with Gasteiger partial charge in [-0.3, -0.25) is 9.59 Å². The van der Waals surface area contributed by atoms with Crippen LogP contribution in [-0.2, 0) is 9.59 Å². The third-order valence-corrected chi connectivity index (χ3v) is 3.52. The first-order valence-electron chi connectivity index (χ1n) is 6.62. The topological polar surface area (TPSA) is 117 Å². The van der Waals surface area contributed by atoms with E-state index in [2.05, 4.69) is 10.2 Å². The molecule has 0 aliphatic carbocycles. The molecule has 2 N–H and O–H groups in total. The lowest BCUT2D eigenvalue weighted by Crippen LogP contribution is -2.25. The molecule has 0 bridgehead atoms. The molecule has 22 heavy (non-hydrogen) atoms. The first kappa shape index (κ1) is 14.1. The molecule has 0 unspecified atom stereocenters. The predicted octanol–water partition coefficient (Wildman–Crippen LogP) is 1.19. The summed E-state index contributed by atoms with van der Waals surface area (Å²) >= 11 is 0. The number of nitrogens with zero attached hydrogens (tertiary/aromatic N) is 3. The van der Waals surface area contributed by atoms with Crippen LogP contribution in [0.15, 0.2) is 22.6 Å². The number of hydrogen-bond donors (Lipinski definition) is 2. The third kappa shape index (κ3) is 2.39. The van der Waals surface area contributed by atoms with E-state index in [1.165, 1.54) is 17.0 Å². The van der Waals surface area contributed by atoms with Gasteiger partial charge < -0.3 is 19.5 Å². The van der Waals surface area contributed by atoms with Crippen molar-refractivity contribution >= 4 is 17.6 Å². The van der Waals surface area contributed by atoms with Gasteiger partial charge in [0, 0.05) is 25.6 Å². The molecular formula is C14H13N3O5. The summed E-state index contributed by atoms with van der Waals surface area (Å²) in [6.07, 6.45) is -0.0365. The minimum atomic E-state index is -0.998. The average molecular weight is 303 g/mol. The van der Waals surface area contributed by atoms with Crippen molar-refractivity contribution in [1.29, 1.82) is 0 Å². The number of aromatic nitrogens is 2. The lowest BCUT2D eigenvalue weighted by atomic mass is 10.1. The van der Waals surface area contributed by atoms with Crippen molar-refractivity contribution < 1.29 is 24.2 Å². The Labute approximate surface area is 125 Å². The Hall–Kier alpha value is -2.90. The van der Waals surface area contributed by atoms with Crippen LogP contribution in [0, 0.1) is 12.8 Å². The first-order chi connectivity index (χ1) is 10.5. The van der Waals surface area contributed by atoms with E-state index in [0.717, 1.165) is 0 Å². The average Bonchev–Trinajstić information content (AvgIpc) is 3.06. The molecule has 0 saturated carbocycles. The summed E-state index contributed by atoms with van der Waals surface area (Å²) in [4.78, 5) is 24.4. The van der Waals surface area contributed by atoms with E-state index in [9.17, 15) is 14.7 Å². The molecule has 114 valence electrons. The standard InChI is InChI=1S/C14H13N3O5/c1-7-15-16-13(22-7)10-5-9(2-3-11(10)18)17-6-8(14(20)21)4-12(17)19/h2-3,5,8,18H,4,6H2,1H3,(H,20,21)/t8-/m1/s1. The van der Waals surface area contributed by atoms with Gasteiger partial charge in [-0.25, -0.2) is 0 Å². The summed E-state index contributed by atoms with van der Waals surface area (Å²) in [5.41, 5.74) is 0.780. The molecule has 1 aromatic carbocycles. The van der Waals surface area contributed by atoms with Crippen LogP contribution < -0.4 is 4.90 Å². The molecule has 8 heteroatoms. The Balaban J connectivity index is 1.96. The normalized spacial score (nSPS) is 18.0. The van der Waals surface area contributed by atoms with Gasteiger partial charge in [-0.05, 0) is 18.2 Å². The zero-order chi connectivity index (χ0) is 15.9. The largest absolute Gasteiger partial charge is 0.507 e. The predicted molar refractivity (Wildman–Crippen MR) is 74.2 cm³/mol. The monoisotopic (exact) mass is 303 g/mol.